The molecule has 5 nitrogen and oxygen atoms in total. The van der Waals surface area contributed by atoms with Gasteiger partial charge in [0.15, 0.2) is 0 Å². The maximum Gasteiger partial charge on any atom is 0.505 e. The molecule has 0 amide bonds. The molecule has 0 aliphatic heterocycles. The highest BCUT2D eigenvalue weighted by atomic mass is 28.3. The molecule has 0 saturated carbocycles. The number of ether oxygens (including phenoxy) is 1. The van der Waals surface area contributed by atoms with E-state index >= 15 is 0 Å². The Morgan fingerprint density at radius 2 is 2.06 bits per heavy atom. The first-order valence-corrected chi connectivity index (χ1v) is 8.96. The molecule has 0 bridgehead atoms. The third kappa shape index (κ3) is 8.66. The summed E-state index contributed by atoms with van der Waals surface area (Å²) < 4.78 is 5.32. The third-order valence-electron chi connectivity index (χ3n) is 1.92. The predicted molar refractivity (Wildman–Crippen MR) is 69.2 cm³/mol. The van der Waals surface area contributed by atoms with Crippen molar-refractivity contribution in [2.75, 3.05) is 13.3 Å². The third-order valence-corrected chi connectivity index (χ3v) is 3.62. The highest BCUT2D eigenvalue weighted by molar-refractivity contribution is 6.76. The Morgan fingerprint density at radius 3 is 2.50 bits per heavy atom. The van der Waals surface area contributed by atoms with E-state index < -0.39 is 15.2 Å². The number of hydrogen-bond acceptors (Lipinski definition) is 5. The lowest BCUT2D eigenvalue weighted by molar-refractivity contribution is 0.135. The zero-order chi connectivity index (χ0) is 12.6. The minimum absolute atomic E-state index is 0.169. The fraction of sp³-hybridized carbons (Fsp3) is 0.667. The Labute approximate surface area is 98.2 Å². The number of rotatable bonds is 8. The van der Waals surface area contributed by atoms with Crippen LogP contribution < -0.4 is 5.32 Å². The minimum atomic E-state index is -1.60. The quantitative estimate of drug-likeness (QED) is 0.216. The fourth-order valence-corrected chi connectivity index (χ4v) is 1.67. The Kier molecular flexibility index (Phi) is 7.31. The minimum Gasteiger partial charge on any atom is -0.422 e. The average molecular weight is 244 g/mol. The van der Waals surface area contributed by atoms with Crippen molar-refractivity contribution in [2.45, 2.75) is 25.7 Å². The molecule has 16 heavy (non-hydrogen) atoms. The number of nitrogens with one attached hydrogen (secondary N) is 2. The van der Waals surface area contributed by atoms with Gasteiger partial charge in [0.2, 0.25) is 0 Å². The molecule has 0 aromatic rings. The summed E-state index contributed by atoms with van der Waals surface area (Å²) in [6.07, 6.45) is 2.27. The van der Waals surface area contributed by atoms with Crippen molar-refractivity contribution < 1.29 is 14.8 Å². The summed E-state index contributed by atoms with van der Waals surface area (Å²) >= 11 is 0. The molecule has 0 spiro atoms. The smallest absolute Gasteiger partial charge is 0.422 e. The van der Waals surface area contributed by atoms with Crippen molar-refractivity contribution in [3.63, 3.8) is 0 Å². The van der Waals surface area contributed by atoms with Crippen LogP contribution in [-0.4, -0.2) is 44.8 Å². The van der Waals surface area contributed by atoms with Crippen molar-refractivity contribution in [2.24, 2.45) is 0 Å². The van der Waals surface area contributed by atoms with Gasteiger partial charge < -0.3 is 25.5 Å². The van der Waals surface area contributed by atoms with Crippen LogP contribution in [0.5, 0.6) is 0 Å². The Bertz CT molecular complexity index is 241. The van der Waals surface area contributed by atoms with Gasteiger partial charge in [0.1, 0.15) is 6.73 Å². The summed E-state index contributed by atoms with van der Waals surface area (Å²) in [5.74, 6) is 0. The van der Waals surface area contributed by atoms with E-state index in [0.717, 1.165) is 12.3 Å². The molecule has 0 unspecified atom stereocenters. The lowest BCUT2D eigenvalue weighted by Gasteiger charge is -2.16. The molecule has 0 atom stereocenters. The van der Waals surface area contributed by atoms with Crippen LogP contribution in [0, 0.1) is 5.41 Å². The largest absolute Gasteiger partial charge is 0.505 e. The van der Waals surface area contributed by atoms with E-state index in [9.17, 15) is 0 Å². The first-order chi connectivity index (χ1) is 7.37. The summed E-state index contributed by atoms with van der Waals surface area (Å²) in [6, 6.07) is 1.07. The molecule has 0 fully saturated rings. The molecule has 0 saturated heterocycles. The molecule has 0 aliphatic rings. The Hall–Kier alpha value is -0.628. The molecule has 0 radical (unpaired) electrons. The summed E-state index contributed by atoms with van der Waals surface area (Å²) in [5, 5.41) is 27.3. The molecular formula is C9H21BN2O3Si. The zero-order valence-corrected chi connectivity index (χ0v) is 11.2. The predicted octanol–water partition coefficient (Wildman–Crippen LogP) is 0.434. The van der Waals surface area contributed by atoms with Crippen molar-refractivity contribution in [1.29, 1.82) is 5.41 Å². The second kappa shape index (κ2) is 7.61. The van der Waals surface area contributed by atoms with Crippen LogP contribution >= 0.6 is 0 Å². The van der Waals surface area contributed by atoms with Gasteiger partial charge in [-0.1, -0.05) is 19.6 Å². The van der Waals surface area contributed by atoms with Gasteiger partial charge in [-0.3, -0.25) is 0 Å². The van der Waals surface area contributed by atoms with E-state index in [4.69, 9.17) is 20.2 Å². The molecule has 92 valence electrons. The van der Waals surface area contributed by atoms with E-state index in [1.807, 2.05) is 0 Å². The van der Waals surface area contributed by atoms with Crippen LogP contribution in [0.3, 0.4) is 0 Å². The second-order valence-electron chi connectivity index (χ2n) is 4.70. The van der Waals surface area contributed by atoms with E-state index in [-0.39, 0.29) is 12.3 Å². The van der Waals surface area contributed by atoms with Crippen molar-refractivity contribution >= 4 is 21.4 Å². The van der Waals surface area contributed by atoms with Crippen LogP contribution in [0.25, 0.3) is 0 Å². The van der Waals surface area contributed by atoms with Crippen LogP contribution in [0.15, 0.2) is 11.7 Å². The lowest BCUT2D eigenvalue weighted by Crippen LogP contribution is -2.31. The molecule has 7 heteroatoms. The van der Waals surface area contributed by atoms with E-state index in [0.29, 0.717) is 6.61 Å². The van der Waals surface area contributed by atoms with Gasteiger partial charge in [0.25, 0.3) is 0 Å². The van der Waals surface area contributed by atoms with Gasteiger partial charge in [0.05, 0.1) is 0 Å². The van der Waals surface area contributed by atoms with Crippen LogP contribution in [0.4, 0.5) is 0 Å². The maximum absolute atomic E-state index is 8.90. The number of allylic oxidation sites excluding steroid dienone is 1. The molecule has 0 rings (SSSR count). The monoisotopic (exact) mass is 244 g/mol. The average Bonchev–Trinajstić information content (AvgIpc) is 2.13. The van der Waals surface area contributed by atoms with Crippen molar-refractivity contribution in [3.8, 4) is 0 Å². The molecule has 0 heterocycles. The van der Waals surface area contributed by atoms with Gasteiger partial charge >= 0.3 is 7.12 Å². The van der Waals surface area contributed by atoms with Crippen molar-refractivity contribution in [3.05, 3.63) is 11.7 Å². The summed E-state index contributed by atoms with van der Waals surface area (Å²) in [7, 11) is -2.67. The van der Waals surface area contributed by atoms with Crippen LogP contribution in [-0.2, 0) is 4.74 Å². The SMILES string of the molecule is C[Si](C)(C)CCOCN/C(=C\C=N)B(O)O. The van der Waals surface area contributed by atoms with Gasteiger partial charge in [-0.05, 0) is 12.1 Å². The highest BCUT2D eigenvalue weighted by Crippen LogP contribution is 2.07. The van der Waals surface area contributed by atoms with E-state index in [2.05, 4.69) is 25.0 Å². The molecule has 0 aromatic carbocycles. The zero-order valence-electron chi connectivity index (χ0n) is 10.2. The van der Waals surface area contributed by atoms with Gasteiger partial charge in [0, 0.05) is 26.5 Å². The van der Waals surface area contributed by atoms with Gasteiger partial charge in [-0.15, -0.1) is 0 Å². The van der Waals surface area contributed by atoms with E-state index in [1.54, 1.807) is 0 Å². The normalized spacial score (nSPS) is 12.4. The first-order valence-electron chi connectivity index (χ1n) is 5.25. The lowest BCUT2D eigenvalue weighted by atomic mass is 9.86. The summed E-state index contributed by atoms with van der Waals surface area (Å²) in [4.78, 5) is 0. The molecule has 0 aromatic heterocycles. The Morgan fingerprint density at radius 1 is 1.44 bits per heavy atom. The molecular weight excluding hydrogens is 223 g/mol. The first kappa shape index (κ1) is 15.4. The molecule has 0 aliphatic carbocycles. The van der Waals surface area contributed by atoms with Gasteiger partial charge in [-0.25, -0.2) is 0 Å². The Balaban J connectivity index is 3.72. The fourth-order valence-electron chi connectivity index (χ4n) is 0.911. The van der Waals surface area contributed by atoms with Crippen LogP contribution in [0.1, 0.15) is 0 Å². The summed E-state index contributed by atoms with van der Waals surface area (Å²) in [5.41, 5.74) is 0.169. The van der Waals surface area contributed by atoms with Gasteiger partial charge in [-0.2, -0.15) is 0 Å². The summed E-state index contributed by atoms with van der Waals surface area (Å²) in [6.45, 7) is 7.69. The maximum atomic E-state index is 8.90. The van der Waals surface area contributed by atoms with Crippen molar-refractivity contribution in [1.82, 2.24) is 5.32 Å². The second-order valence-corrected chi connectivity index (χ2v) is 10.3. The number of hydrogen-bond donors (Lipinski definition) is 4. The topological polar surface area (TPSA) is 85.6 Å². The highest BCUT2D eigenvalue weighted by Gasteiger charge is 2.14. The standard InChI is InChI=1S/C9H21BN2O3Si/c1-16(2,3)7-6-15-8-12-9(4-5-11)10(13)14/h4-5,11-14H,6-8H2,1-3H3/b9-4-,11-5?. The molecule has 4 N–H and O–H groups in total. The van der Waals surface area contributed by atoms with Crippen LogP contribution in [0.2, 0.25) is 25.7 Å². The van der Waals surface area contributed by atoms with E-state index in [1.165, 1.54) is 6.08 Å².